The zero-order valence-corrected chi connectivity index (χ0v) is 22.1. The molecule has 0 aliphatic carbocycles. The second kappa shape index (κ2) is 13.8. The third kappa shape index (κ3) is 8.17. The minimum absolute atomic E-state index is 0.273. The minimum Gasteiger partial charge on any atom is -0.494 e. The number of methoxy groups -OCH3 is 1. The average Bonchev–Trinajstić information content (AvgIpc) is 3.24. The predicted molar refractivity (Wildman–Crippen MR) is 142 cm³/mol. The van der Waals surface area contributed by atoms with Gasteiger partial charge in [-0.2, -0.15) is 0 Å². The molecule has 2 heterocycles. The number of carbonyl (C=O) groups excluding carboxylic acids is 1. The van der Waals surface area contributed by atoms with Gasteiger partial charge in [0.05, 0.1) is 6.61 Å². The van der Waals surface area contributed by atoms with Crippen LogP contribution in [0.2, 0.25) is 0 Å². The van der Waals surface area contributed by atoms with Crippen LogP contribution in [-0.4, -0.2) is 67.8 Å². The van der Waals surface area contributed by atoms with Gasteiger partial charge in [0, 0.05) is 39.7 Å². The minimum atomic E-state index is -0.420. The summed E-state index contributed by atoms with van der Waals surface area (Å²) in [6, 6.07) is 14.8. The van der Waals surface area contributed by atoms with E-state index in [1.807, 2.05) is 17.0 Å². The Bertz CT molecular complexity index is 1000. The fourth-order valence-electron chi connectivity index (χ4n) is 5.27. The molecular formula is C30H41FN2O4. The first-order valence-electron chi connectivity index (χ1n) is 13.7. The van der Waals surface area contributed by atoms with E-state index in [-0.39, 0.29) is 17.5 Å². The van der Waals surface area contributed by atoms with Crippen molar-refractivity contribution in [2.45, 2.75) is 63.5 Å². The molecule has 1 unspecified atom stereocenters. The van der Waals surface area contributed by atoms with Crippen LogP contribution in [-0.2, 0) is 16.1 Å². The van der Waals surface area contributed by atoms with E-state index in [0.717, 1.165) is 83.4 Å². The van der Waals surface area contributed by atoms with E-state index in [9.17, 15) is 9.18 Å². The first kappa shape index (κ1) is 27.4. The van der Waals surface area contributed by atoms with Crippen LogP contribution in [0.4, 0.5) is 4.39 Å². The first-order chi connectivity index (χ1) is 18.1. The molecule has 0 saturated carbocycles. The average molecular weight is 513 g/mol. The van der Waals surface area contributed by atoms with E-state index in [1.165, 1.54) is 11.6 Å². The summed E-state index contributed by atoms with van der Waals surface area (Å²) in [6.07, 6.45) is 7.48. The molecule has 4 rings (SSSR count). The molecule has 2 aliphatic heterocycles. The quantitative estimate of drug-likeness (QED) is 0.375. The summed E-state index contributed by atoms with van der Waals surface area (Å²) in [5.41, 5.74) is 0.796. The van der Waals surface area contributed by atoms with Crippen molar-refractivity contribution < 1.29 is 23.4 Å². The molecule has 37 heavy (non-hydrogen) atoms. The Kier molecular flexibility index (Phi) is 10.2. The number of benzene rings is 2. The van der Waals surface area contributed by atoms with Crippen LogP contribution in [0.5, 0.6) is 11.5 Å². The predicted octanol–water partition coefficient (Wildman–Crippen LogP) is 5.45. The number of rotatable bonds is 11. The molecular weight excluding hydrogens is 471 g/mol. The molecule has 2 aromatic carbocycles. The van der Waals surface area contributed by atoms with E-state index in [0.29, 0.717) is 19.6 Å². The number of hydrogen-bond donors (Lipinski definition) is 0. The van der Waals surface area contributed by atoms with E-state index < -0.39 is 5.60 Å². The van der Waals surface area contributed by atoms with Crippen LogP contribution in [0.15, 0.2) is 48.5 Å². The van der Waals surface area contributed by atoms with Gasteiger partial charge in [-0.25, -0.2) is 4.39 Å². The van der Waals surface area contributed by atoms with Gasteiger partial charge in [0.25, 0.3) is 0 Å². The molecule has 1 atom stereocenters. The van der Waals surface area contributed by atoms with E-state index in [1.54, 1.807) is 25.3 Å². The van der Waals surface area contributed by atoms with Gasteiger partial charge >= 0.3 is 0 Å². The Hall–Kier alpha value is -2.64. The molecule has 0 bridgehead atoms. The fourth-order valence-corrected chi connectivity index (χ4v) is 5.27. The smallest absolute Gasteiger partial charge is 0.222 e. The molecule has 2 saturated heterocycles. The maximum Gasteiger partial charge on any atom is 0.222 e. The highest BCUT2D eigenvalue weighted by Gasteiger charge is 2.34. The standard InChI is InChI=1S/C30H41FN2O4/c1-35-30(24-37-28-13-5-4-12-27(28)31)15-8-17-32(20-16-30)23-25-10-7-11-26(22-25)36-21-9-19-33-18-6-2-3-14-29(33)34/h4-5,7,10-13,22H,2-3,6,8-9,14-21,23-24H2,1H3. The zero-order chi connectivity index (χ0) is 25.9. The molecule has 0 radical (unpaired) electrons. The van der Waals surface area contributed by atoms with Gasteiger partial charge in [-0.15, -0.1) is 0 Å². The number of para-hydroxylation sites is 1. The molecule has 2 aromatic rings. The van der Waals surface area contributed by atoms with Crippen LogP contribution in [0, 0.1) is 5.82 Å². The summed E-state index contributed by atoms with van der Waals surface area (Å²) in [6.45, 7) is 5.29. The Morgan fingerprint density at radius 3 is 2.70 bits per heavy atom. The van der Waals surface area contributed by atoms with Crippen molar-refractivity contribution >= 4 is 5.91 Å². The molecule has 2 fully saturated rings. The van der Waals surface area contributed by atoms with Gasteiger partial charge in [-0.1, -0.05) is 30.7 Å². The van der Waals surface area contributed by atoms with Crippen LogP contribution < -0.4 is 9.47 Å². The molecule has 7 heteroatoms. The summed E-state index contributed by atoms with van der Waals surface area (Å²) in [5, 5.41) is 0. The number of halogens is 1. The lowest BCUT2D eigenvalue weighted by molar-refractivity contribution is -0.130. The monoisotopic (exact) mass is 512 g/mol. The summed E-state index contributed by atoms with van der Waals surface area (Å²) < 4.78 is 31.8. The van der Waals surface area contributed by atoms with Gasteiger partial charge < -0.3 is 19.1 Å². The van der Waals surface area contributed by atoms with E-state index in [2.05, 4.69) is 17.0 Å². The summed E-state index contributed by atoms with van der Waals surface area (Å²) in [5.74, 6) is 1.09. The Labute approximate surface area is 220 Å². The van der Waals surface area contributed by atoms with Crippen molar-refractivity contribution in [3.63, 3.8) is 0 Å². The van der Waals surface area contributed by atoms with Crippen LogP contribution >= 0.6 is 0 Å². The topological polar surface area (TPSA) is 51.2 Å². The molecule has 2 aliphatic rings. The molecule has 0 aromatic heterocycles. The number of carbonyl (C=O) groups is 1. The van der Waals surface area contributed by atoms with Gasteiger partial charge in [0.15, 0.2) is 11.6 Å². The maximum atomic E-state index is 14.0. The maximum absolute atomic E-state index is 14.0. The first-order valence-corrected chi connectivity index (χ1v) is 13.7. The van der Waals surface area contributed by atoms with Crippen molar-refractivity contribution in [3.8, 4) is 11.5 Å². The lowest BCUT2D eigenvalue weighted by Gasteiger charge is -2.31. The fraction of sp³-hybridized carbons (Fsp3) is 0.567. The lowest BCUT2D eigenvalue weighted by atomic mass is 9.95. The number of nitrogens with zero attached hydrogens (tertiary/aromatic N) is 2. The summed E-state index contributed by atoms with van der Waals surface area (Å²) in [4.78, 5) is 16.6. The van der Waals surface area contributed by atoms with Gasteiger partial charge in [-0.05, 0) is 74.9 Å². The van der Waals surface area contributed by atoms with E-state index >= 15 is 0 Å². The highest BCUT2D eigenvalue weighted by molar-refractivity contribution is 5.76. The molecule has 6 nitrogen and oxygen atoms in total. The van der Waals surface area contributed by atoms with Crippen molar-refractivity contribution in [3.05, 3.63) is 59.9 Å². The van der Waals surface area contributed by atoms with E-state index in [4.69, 9.17) is 14.2 Å². The normalized spacial score (nSPS) is 21.4. The summed E-state index contributed by atoms with van der Waals surface area (Å²) >= 11 is 0. The highest BCUT2D eigenvalue weighted by Crippen LogP contribution is 2.29. The number of likely N-dealkylation sites (tertiary alicyclic amines) is 2. The highest BCUT2D eigenvalue weighted by atomic mass is 19.1. The Morgan fingerprint density at radius 2 is 1.84 bits per heavy atom. The molecule has 202 valence electrons. The van der Waals surface area contributed by atoms with Crippen molar-refractivity contribution in [2.75, 3.05) is 46.5 Å². The van der Waals surface area contributed by atoms with Crippen LogP contribution in [0.1, 0.15) is 56.9 Å². The van der Waals surface area contributed by atoms with Gasteiger partial charge in [0.1, 0.15) is 18.0 Å². The zero-order valence-electron chi connectivity index (χ0n) is 22.1. The van der Waals surface area contributed by atoms with Crippen LogP contribution in [0.3, 0.4) is 0 Å². The van der Waals surface area contributed by atoms with Crippen LogP contribution in [0.25, 0.3) is 0 Å². The lowest BCUT2D eigenvalue weighted by Crippen LogP contribution is -2.39. The van der Waals surface area contributed by atoms with Crippen molar-refractivity contribution in [1.29, 1.82) is 0 Å². The van der Waals surface area contributed by atoms with Crippen molar-refractivity contribution in [2.24, 2.45) is 0 Å². The molecule has 0 N–H and O–H groups in total. The third-order valence-corrected chi connectivity index (χ3v) is 7.57. The third-order valence-electron chi connectivity index (χ3n) is 7.57. The second-order valence-corrected chi connectivity index (χ2v) is 10.3. The number of amides is 1. The summed E-state index contributed by atoms with van der Waals surface area (Å²) in [7, 11) is 1.73. The SMILES string of the molecule is COC1(COc2ccccc2F)CCCN(Cc2cccc(OCCCN3CCCCCC3=O)c2)CC1. The molecule has 0 spiro atoms. The number of hydrogen-bond acceptors (Lipinski definition) is 5. The second-order valence-electron chi connectivity index (χ2n) is 10.3. The Morgan fingerprint density at radius 1 is 0.946 bits per heavy atom. The van der Waals surface area contributed by atoms with Crippen molar-refractivity contribution in [1.82, 2.24) is 9.80 Å². The van der Waals surface area contributed by atoms with Gasteiger partial charge in [-0.3, -0.25) is 9.69 Å². The number of ether oxygens (including phenoxy) is 3. The molecule has 1 amide bonds. The largest absolute Gasteiger partial charge is 0.494 e. The Balaban J connectivity index is 1.23. The van der Waals surface area contributed by atoms with Gasteiger partial charge in [0.2, 0.25) is 5.91 Å².